The van der Waals surface area contributed by atoms with Crippen LogP contribution in [0.1, 0.15) is 0 Å². The summed E-state index contributed by atoms with van der Waals surface area (Å²) in [6, 6.07) is 0. The van der Waals surface area contributed by atoms with Gasteiger partial charge in [-0.2, -0.15) is 4.98 Å². The first kappa shape index (κ1) is 9.26. The van der Waals surface area contributed by atoms with Crippen molar-refractivity contribution >= 4 is 22.9 Å². The van der Waals surface area contributed by atoms with Crippen LogP contribution in [0.5, 0.6) is 5.88 Å². The van der Waals surface area contributed by atoms with Gasteiger partial charge < -0.3 is 9.30 Å². The molecule has 0 fully saturated rings. The number of nitrogens with zero attached hydrogens (tertiary/aromatic N) is 4. The van der Waals surface area contributed by atoms with Crippen molar-refractivity contribution < 1.29 is 4.74 Å². The molecule has 0 radical (unpaired) electrons. The average Bonchev–Trinajstić information content (AvgIpc) is 2.59. The van der Waals surface area contributed by atoms with E-state index in [9.17, 15) is 0 Å². The number of hydrogen-bond donors (Lipinski definition) is 0. The van der Waals surface area contributed by atoms with Crippen LogP contribution in [-0.4, -0.2) is 32.9 Å². The highest BCUT2D eigenvalue weighted by atomic mass is 32.2. The standard InChI is InChI=1S/C8H10N4OS/c1-12-4-9-6-5(12)7(13-2)11-8(10-6)14-3/h4H,1-3H3. The van der Waals surface area contributed by atoms with Gasteiger partial charge in [-0.25, -0.2) is 9.97 Å². The lowest BCUT2D eigenvalue weighted by Gasteiger charge is -2.03. The van der Waals surface area contributed by atoms with E-state index in [0.29, 0.717) is 16.7 Å². The van der Waals surface area contributed by atoms with E-state index in [-0.39, 0.29) is 0 Å². The van der Waals surface area contributed by atoms with Crippen molar-refractivity contribution in [1.29, 1.82) is 0 Å². The van der Waals surface area contributed by atoms with Gasteiger partial charge in [0.25, 0.3) is 0 Å². The fraction of sp³-hybridized carbons (Fsp3) is 0.375. The number of hydrogen-bond acceptors (Lipinski definition) is 5. The van der Waals surface area contributed by atoms with Crippen molar-refractivity contribution in [2.45, 2.75) is 5.16 Å². The molecule has 0 atom stereocenters. The number of imidazole rings is 1. The Bertz CT molecular complexity index is 468. The molecular formula is C8H10N4OS. The summed E-state index contributed by atoms with van der Waals surface area (Å²) in [5.74, 6) is 0.569. The zero-order valence-electron chi connectivity index (χ0n) is 8.18. The highest BCUT2D eigenvalue weighted by Crippen LogP contribution is 2.23. The second kappa shape index (κ2) is 3.45. The molecule has 6 heteroatoms. The number of thioether (sulfide) groups is 1. The third kappa shape index (κ3) is 1.31. The molecule has 2 aromatic heterocycles. The fourth-order valence-electron chi connectivity index (χ4n) is 1.24. The molecule has 74 valence electrons. The van der Waals surface area contributed by atoms with Gasteiger partial charge in [-0.3, -0.25) is 0 Å². The minimum absolute atomic E-state index is 0.569. The number of aryl methyl sites for hydroxylation is 1. The van der Waals surface area contributed by atoms with Crippen LogP contribution in [0.3, 0.4) is 0 Å². The predicted octanol–water partition coefficient (Wildman–Crippen LogP) is 1.09. The number of methoxy groups -OCH3 is 1. The maximum Gasteiger partial charge on any atom is 0.244 e. The molecule has 0 aromatic carbocycles. The molecule has 0 saturated carbocycles. The Kier molecular flexibility index (Phi) is 2.28. The number of fused-ring (bicyclic) bond motifs is 1. The molecule has 0 bridgehead atoms. The van der Waals surface area contributed by atoms with Gasteiger partial charge in [0.1, 0.15) is 0 Å². The number of ether oxygens (including phenoxy) is 1. The van der Waals surface area contributed by atoms with Crippen molar-refractivity contribution in [3.8, 4) is 5.88 Å². The lowest BCUT2D eigenvalue weighted by molar-refractivity contribution is 0.396. The number of rotatable bonds is 2. The van der Waals surface area contributed by atoms with Crippen LogP contribution < -0.4 is 4.74 Å². The van der Waals surface area contributed by atoms with Gasteiger partial charge in [-0.15, -0.1) is 0 Å². The summed E-state index contributed by atoms with van der Waals surface area (Å²) in [6.07, 6.45) is 3.62. The lowest BCUT2D eigenvalue weighted by Crippen LogP contribution is -1.96. The van der Waals surface area contributed by atoms with Gasteiger partial charge in [0.15, 0.2) is 16.3 Å². The normalized spacial score (nSPS) is 10.8. The molecule has 0 amide bonds. The monoisotopic (exact) mass is 210 g/mol. The molecule has 0 aliphatic rings. The van der Waals surface area contributed by atoms with Gasteiger partial charge in [-0.1, -0.05) is 11.8 Å². The molecule has 2 heterocycles. The zero-order valence-corrected chi connectivity index (χ0v) is 9.00. The van der Waals surface area contributed by atoms with E-state index in [0.717, 1.165) is 5.52 Å². The Morgan fingerprint density at radius 2 is 2.21 bits per heavy atom. The van der Waals surface area contributed by atoms with Gasteiger partial charge in [-0.05, 0) is 6.26 Å². The molecule has 0 aliphatic carbocycles. The lowest BCUT2D eigenvalue weighted by atomic mass is 10.5. The molecule has 0 saturated heterocycles. The quantitative estimate of drug-likeness (QED) is 0.548. The third-order valence-electron chi connectivity index (χ3n) is 1.89. The summed E-state index contributed by atoms with van der Waals surface area (Å²) in [5.41, 5.74) is 1.49. The minimum atomic E-state index is 0.569. The van der Waals surface area contributed by atoms with Crippen LogP contribution in [0.4, 0.5) is 0 Å². The average molecular weight is 210 g/mol. The highest BCUT2D eigenvalue weighted by Gasteiger charge is 2.11. The highest BCUT2D eigenvalue weighted by molar-refractivity contribution is 7.98. The molecular weight excluding hydrogens is 200 g/mol. The van der Waals surface area contributed by atoms with E-state index in [1.54, 1.807) is 13.4 Å². The predicted molar refractivity (Wildman–Crippen MR) is 54.6 cm³/mol. The van der Waals surface area contributed by atoms with Gasteiger partial charge >= 0.3 is 0 Å². The van der Waals surface area contributed by atoms with Crippen molar-refractivity contribution in [3.63, 3.8) is 0 Å². The van der Waals surface area contributed by atoms with E-state index in [1.807, 2.05) is 17.9 Å². The Morgan fingerprint density at radius 3 is 2.86 bits per heavy atom. The maximum atomic E-state index is 5.18. The Hall–Kier alpha value is -1.30. The van der Waals surface area contributed by atoms with E-state index in [4.69, 9.17) is 4.74 Å². The topological polar surface area (TPSA) is 52.8 Å². The van der Waals surface area contributed by atoms with E-state index in [1.165, 1.54) is 11.8 Å². The van der Waals surface area contributed by atoms with E-state index >= 15 is 0 Å². The summed E-state index contributed by atoms with van der Waals surface area (Å²) in [7, 11) is 3.48. The van der Waals surface area contributed by atoms with Gasteiger partial charge in [0.2, 0.25) is 5.88 Å². The van der Waals surface area contributed by atoms with Crippen molar-refractivity contribution in [2.24, 2.45) is 7.05 Å². The molecule has 2 rings (SSSR count). The smallest absolute Gasteiger partial charge is 0.244 e. The SMILES string of the molecule is COc1nc(SC)nc2ncn(C)c12. The summed E-state index contributed by atoms with van der Waals surface area (Å²) < 4.78 is 7.03. The Labute approximate surface area is 85.5 Å². The van der Waals surface area contributed by atoms with Crippen LogP contribution in [0.2, 0.25) is 0 Å². The van der Waals surface area contributed by atoms with Crippen molar-refractivity contribution in [3.05, 3.63) is 6.33 Å². The molecule has 0 unspecified atom stereocenters. The van der Waals surface area contributed by atoms with Crippen LogP contribution in [0.25, 0.3) is 11.2 Å². The van der Waals surface area contributed by atoms with Crippen molar-refractivity contribution in [1.82, 2.24) is 19.5 Å². The second-order valence-corrected chi connectivity index (χ2v) is 3.52. The molecule has 14 heavy (non-hydrogen) atoms. The van der Waals surface area contributed by atoms with Crippen molar-refractivity contribution in [2.75, 3.05) is 13.4 Å². The fourth-order valence-corrected chi connectivity index (χ4v) is 1.59. The van der Waals surface area contributed by atoms with Crippen LogP contribution in [0.15, 0.2) is 11.5 Å². The third-order valence-corrected chi connectivity index (χ3v) is 2.44. The van der Waals surface area contributed by atoms with Crippen LogP contribution in [0, 0.1) is 0 Å². The molecule has 0 spiro atoms. The first-order valence-electron chi connectivity index (χ1n) is 4.03. The second-order valence-electron chi connectivity index (χ2n) is 2.75. The molecule has 5 nitrogen and oxygen atoms in total. The number of aromatic nitrogens is 4. The molecule has 2 aromatic rings. The Morgan fingerprint density at radius 1 is 1.43 bits per heavy atom. The first-order chi connectivity index (χ1) is 6.76. The van der Waals surface area contributed by atoms with Gasteiger partial charge in [0, 0.05) is 7.05 Å². The first-order valence-corrected chi connectivity index (χ1v) is 5.25. The minimum Gasteiger partial charge on any atom is -0.479 e. The summed E-state index contributed by atoms with van der Waals surface area (Å²) in [5, 5.41) is 0.674. The molecule has 0 aliphatic heterocycles. The Balaban J connectivity index is 2.76. The molecule has 0 N–H and O–H groups in total. The van der Waals surface area contributed by atoms with Crippen LogP contribution >= 0.6 is 11.8 Å². The van der Waals surface area contributed by atoms with Gasteiger partial charge in [0.05, 0.1) is 13.4 Å². The maximum absolute atomic E-state index is 5.18. The largest absolute Gasteiger partial charge is 0.479 e. The zero-order chi connectivity index (χ0) is 10.1. The summed E-state index contributed by atoms with van der Waals surface area (Å²) >= 11 is 1.47. The van der Waals surface area contributed by atoms with E-state index in [2.05, 4.69) is 15.0 Å². The summed E-state index contributed by atoms with van der Waals surface area (Å²) in [4.78, 5) is 12.7. The summed E-state index contributed by atoms with van der Waals surface area (Å²) in [6.45, 7) is 0. The van der Waals surface area contributed by atoms with E-state index < -0.39 is 0 Å². The van der Waals surface area contributed by atoms with Crippen LogP contribution in [-0.2, 0) is 7.05 Å².